The fraction of sp³-hybridized carbons (Fsp3) is 0.280. The van der Waals surface area contributed by atoms with Gasteiger partial charge in [0.1, 0.15) is 5.82 Å². The van der Waals surface area contributed by atoms with Gasteiger partial charge in [-0.05, 0) is 28.8 Å². The first-order valence-corrected chi connectivity index (χ1v) is 13.6. The number of hydrogen-bond donors (Lipinski definition) is 1. The summed E-state index contributed by atoms with van der Waals surface area (Å²) < 4.78 is 0.814. The van der Waals surface area contributed by atoms with Crippen molar-refractivity contribution in [2.45, 2.75) is 42.7 Å². The van der Waals surface area contributed by atoms with Gasteiger partial charge >= 0.3 is 0 Å². The number of carbonyl (C=O) groups is 1. The van der Waals surface area contributed by atoms with E-state index < -0.39 is 5.92 Å². The van der Waals surface area contributed by atoms with Gasteiger partial charge in [-0.3, -0.25) is 9.69 Å². The molecule has 9 heteroatoms. The molecule has 3 aromatic rings. The lowest BCUT2D eigenvalue weighted by Gasteiger charge is -2.42. The molecule has 2 aromatic heterocycles. The largest absolute Gasteiger partial charge is 0.384 e. The van der Waals surface area contributed by atoms with E-state index in [2.05, 4.69) is 42.2 Å². The molecule has 0 bridgehead atoms. The molecule has 0 radical (unpaired) electrons. The van der Waals surface area contributed by atoms with Crippen molar-refractivity contribution in [2.75, 3.05) is 4.90 Å². The lowest BCUT2D eigenvalue weighted by Crippen LogP contribution is -2.42. The van der Waals surface area contributed by atoms with Crippen LogP contribution in [0.4, 0.5) is 5.13 Å². The third-order valence-corrected chi connectivity index (χ3v) is 9.05. The van der Waals surface area contributed by atoms with Crippen LogP contribution in [-0.4, -0.2) is 16.0 Å². The molecule has 6 nitrogen and oxygen atoms in total. The maximum Gasteiger partial charge on any atom is 0.219 e. The quantitative estimate of drug-likeness (QED) is 0.436. The number of nitriles is 1. The van der Waals surface area contributed by atoms with Gasteiger partial charge in [0.2, 0.25) is 5.13 Å². The van der Waals surface area contributed by atoms with Crippen LogP contribution in [0.5, 0.6) is 0 Å². The van der Waals surface area contributed by atoms with Crippen molar-refractivity contribution >= 4 is 45.4 Å². The number of aromatic nitrogens is 2. The zero-order valence-corrected chi connectivity index (χ0v) is 21.3. The Kier molecular flexibility index (Phi) is 6.06. The van der Waals surface area contributed by atoms with Crippen LogP contribution in [0.15, 0.2) is 74.8 Å². The molecule has 2 aliphatic rings. The number of Topliss-reactive ketones (excluding diaryl/α,β-unsaturated/α-hetero) is 1. The van der Waals surface area contributed by atoms with E-state index in [1.807, 2.05) is 35.7 Å². The molecule has 1 aromatic carbocycles. The predicted octanol–water partition coefficient (Wildman–Crippen LogP) is 5.83. The van der Waals surface area contributed by atoms with E-state index >= 15 is 0 Å². The number of nitrogens with two attached hydrogens (primary N) is 1. The van der Waals surface area contributed by atoms with Crippen molar-refractivity contribution in [2.24, 2.45) is 11.1 Å². The molecule has 1 unspecified atom stereocenters. The van der Waals surface area contributed by atoms with Gasteiger partial charge in [-0.25, -0.2) is 0 Å². The van der Waals surface area contributed by atoms with Crippen LogP contribution in [0.1, 0.15) is 43.0 Å². The van der Waals surface area contributed by atoms with Crippen LogP contribution >= 0.6 is 34.4 Å². The number of allylic oxidation sites excluding steroid dienone is 3. The number of nitrogens with zero attached hydrogens (tertiary/aromatic N) is 4. The summed E-state index contributed by atoms with van der Waals surface area (Å²) in [6.45, 7) is 4.18. The van der Waals surface area contributed by atoms with Crippen LogP contribution in [0.25, 0.3) is 0 Å². The van der Waals surface area contributed by atoms with Crippen molar-refractivity contribution in [1.29, 1.82) is 5.26 Å². The number of ketones is 1. The number of anilines is 1. The highest BCUT2D eigenvalue weighted by atomic mass is 32.2. The Balaban J connectivity index is 1.56. The van der Waals surface area contributed by atoms with Crippen molar-refractivity contribution in [1.82, 2.24) is 10.2 Å². The fourth-order valence-electron chi connectivity index (χ4n) is 4.54. The summed E-state index contributed by atoms with van der Waals surface area (Å²) in [5.74, 6) is 0.753. The van der Waals surface area contributed by atoms with E-state index in [0.29, 0.717) is 34.9 Å². The lowest BCUT2D eigenvalue weighted by molar-refractivity contribution is -0.118. The first-order valence-electron chi connectivity index (χ1n) is 10.9. The van der Waals surface area contributed by atoms with E-state index in [9.17, 15) is 10.1 Å². The molecule has 34 heavy (non-hydrogen) atoms. The number of hydrogen-bond acceptors (Lipinski definition) is 9. The molecule has 0 saturated carbocycles. The van der Waals surface area contributed by atoms with Gasteiger partial charge in [-0.2, -0.15) is 5.26 Å². The molecule has 1 atom stereocenters. The van der Waals surface area contributed by atoms with E-state index in [1.54, 1.807) is 16.7 Å². The maximum atomic E-state index is 13.5. The highest BCUT2D eigenvalue weighted by molar-refractivity contribution is 8.00. The van der Waals surface area contributed by atoms with E-state index in [0.717, 1.165) is 20.7 Å². The summed E-state index contributed by atoms with van der Waals surface area (Å²) >= 11 is 4.58. The lowest BCUT2D eigenvalue weighted by atomic mass is 9.70. The monoisotopic (exact) mass is 505 g/mol. The SMILES string of the molecule is CC1(C)CC(=O)C2=C(C1)N(c1nnc(SCc3ccccc3)s1)C(N)=C(C#N)C2c1cccs1. The smallest absolute Gasteiger partial charge is 0.219 e. The van der Waals surface area contributed by atoms with Crippen LogP contribution in [0.3, 0.4) is 0 Å². The Morgan fingerprint density at radius 2 is 2.00 bits per heavy atom. The second-order valence-corrected chi connectivity index (χ2v) is 12.3. The van der Waals surface area contributed by atoms with Crippen LogP contribution < -0.4 is 10.6 Å². The zero-order valence-electron chi connectivity index (χ0n) is 18.8. The molecule has 0 spiro atoms. The number of thiophene rings is 1. The molecule has 3 heterocycles. The van der Waals surface area contributed by atoms with Crippen LogP contribution in [0, 0.1) is 16.7 Å². The van der Waals surface area contributed by atoms with Crippen molar-refractivity contribution < 1.29 is 4.79 Å². The summed E-state index contributed by atoms with van der Waals surface area (Å²) in [5, 5.41) is 21.5. The van der Waals surface area contributed by atoms with E-state index in [4.69, 9.17) is 5.73 Å². The third-order valence-electron chi connectivity index (χ3n) is 6.00. The average Bonchev–Trinajstić information content (AvgIpc) is 3.49. The highest BCUT2D eigenvalue weighted by Gasteiger charge is 2.45. The summed E-state index contributed by atoms with van der Waals surface area (Å²) in [4.78, 5) is 16.2. The zero-order chi connectivity index (χ0) is 23.9. The molecule has 0 amide bonds. The van der Waals surface area contributed by atoms with Gasteiger partial charge in [0.25, 0.3) is 0 Å². The first-order chi connectivity index (χ1) is 16.4. The number of thioether (sulfide) groups is 1. The molecular weight excluding hydrogens is 483 g/mol. The first kappa shape index (κ1) is 22.8. The Morgan fingerprint density at radius 1 is 1.21 bits per heavy atom. The number of carbonyl (C=O) groups excluding carboxylic acids is 1. The predicted molar refractivity (Wildman–Crippen MR) is 137 cm³/mol. The van der Waals surface area contributed by atoms with Crippen molar-refractivity contribution in [3.05, 3.63) is 80.9 Å². The Hall–Kier alpha value is -2.93. The Labute approximate surface area is 210 Å². The summed E-state index contributed by atoms with van der Waals surface area (Å²) in [6, 6.07) is 16.4. The molecule has 172 valence electrons. The Bertz CT molecular complexity index is 1330. The summed E-state index contributed by atoms with van der Waals surface area (Å²) in [6.07, 6.45) is 1.11. The molecular formula is C25H23N5OS3. The molecule has 5 rings (SSSR count). The third kappa shape index (κ3) is 4.17. The summed E-state index contributed by atoms with van der Waals surface area (Å²) in [5.41, 5.74) is 9.54. The standard InChI is InChI=1S/C25H23N5OS3/c1-25(2)11-17-21(18(31)12-25)20(19-9-6-10-32-19)16(13-26)22(27)30(17)23-28-29-24(34-23)33-14-15-7-4-3-5-8-15/h3-10,20H,11-12,14,27H2,1-2H3. The van der Waals surface area contributed by atoms with Crippen molar-refractivity contribution in [3.63, 3.8) is 0 Å². The molecule has 0 fully saturated rings. The minimum absolute atomic E-state index is 0.0677. The van der Waals surface area contributed by atoms with Crippen molar-refractivity contribution in [3.8, 4) is 6.07 Å². The van der Waals surface area contributed by atoms with E-state index in [1.165, 1.54) is 28.2 Å². The van der Waals surface area contributed by atoms with Gasteiger partial charge in [0, 0.05) is 28.3 Å². The summed E-state index contributed by atoms with van der Waals surface area (Å²) in [7, 11) is 0. The van der Waals surface area contributed by atoms with Gasteiger partial charge in [-0.15, -0.1) is 21.5 Å². The normalized spacial score (nSPS) is 19.9. The van der Waals surface area contributed by atoms with Gasteiger partial charge in [0.05, 0.1) is 17.6 Å². The van der Waals surface area contributed by atoms with Gasteiger partial charge in [0.15, 0.2) is 10.1 Å². The molecule has 2 N–H and O–H groups in total. The number of rotatable bonds is 5. The second kappa shape index (κ2) is 9.02. The average molecular weight is 506 g/mol. The minimum atomic E-state index is -0.431. The minimum Gasteiger partial charge on any atom is -0.384 e. The van der Waals surface area contributed by atoms with Gasteiger partial charge < -0.3 is 5.73 Å². The van der Waals surface area contributed by atoms with Crippen LogP contribution in [0.2, 0.25) is 0 Å². The molecule has 1 aliphatic heterocycles. The van der Waals surface area contributed by atoms with Gasteiger partial charge in [-0.1, -0.05) is 73.3 Å². The molecule has 0 saturated heterocycles. The topological polar surface area (TPSA) is 95.9 Å². The Morgan fingerprint density at radius 3 is 2.71 bits per heavy atom. The fourth-order valence-corrected chi connectivity index (χ4v) is 7.22. The molecule has 1 aliphatic carbocycles. The second-order valence-electron chi connectivity index (χ2n) is 9.12. The van der Waals surface area contributed by atoms with Crippen LogP contribution in [-0.2, 0) is 10.5 Å². The highest BCUT2D eigenvalue weighted by Crippen LogP contribution is 2.51. The van der Waals surface area contributed by atoms with E-state index in [-0.39, 0.29) is 11.2 Å². The maximum absolute atomic E-state index is 13.5. The number of benzene rings is 1.